The number of hydrogen-bond donors (Lipinski definition) is 1. The van der Waals surface area contributed by atoms with Gasteiger partial charge in [-0.25, -0.2) is 8.42 Å². The SMILES string of the molecule is CS(=O)(=O)CCN1CCn2c(=O)c(C(=O)NCc3ccc(Cl)s3)cc3cccc1c32. The Balaban J connectivity index is 1.66. The molecule has 1 aromatic carbocycles. The first kappa shape index (κ1) is 20.9. The second-order valence-electron chi connectivity index (χ2n) is 7.24. The lowest BCUT2D eigenvalue weighted by Crippen LogP contribution is -2.41. The fourth-order valence-electron chi connectivity index (χ4n) is 3.61. The first-order valence-corrected chi connectivity index (χ1v) is 12.6. The predicted molar refractivity (Wildman–Crippen MR) is 121 cm³/mol. The molecule has 7 nitrogen and oxygen atoms in total. The Hall–Kier alpha value is -2.36. The van der Waals surface area contributed by atoms with Crippen LogP contribution in [0.3, 0.4) is 0 Å². The van der Waals surface area contributed by atoms with E-state index in [2.05, 4.69) is 5.32 Å². The van der Waals surface area contributed by atoms with Crippen molar-refractivity contribution >= 4 is 55.3 Å². The first-order valence-electron chi connectivity index (χ1n) is 9.34. The number of pyridine rings is 1. The second kappa shape index (κ2) is 8.05. The highest BCUT2D eigenvalue weighted by atomic mass is 35.5. The Morgan fingerprint density at radius 1 is 1.23 bits per heavy atom. The number of carbonyl (C=O) groups is 1. The van der Waals surface area contributed by atoms with Gasteiger partial charge in [-0.05, 0) is 24.3 Å². The number of benzene rings is 1. The molecule has 3 aromatic rings. The number of nitrogens with zero attached hydrogens (tertiary/aromatic N) is 2. The molecular formula is C20H20ClN3O4S2. The molecule has 1 aliphatic heterocycles. The fourth-order valence-corrected chi connectivity index (χ4v) is 5.19. The van der Waals surface area contributed by atoms with Crippen LogP contribution in [0.25, 0.3) is 10.9 Å². The Kier molecular flexibility index (Phi) is 5.61. The maximum Gasteiger partial charge on any atom is 0.264 e. The third-order valence-corrected chi connectivity index (χ3v) is 7.21. The Bertz CT molecular complexity index is 1300. The van der Waals surface area contributed by atoms with Crippen molar-refractivity contribution in [3.8, 4) is 0 Å². The van der Waals surface area contributed by atoms with Crippen molar-refractivity contribution < 1.29 is 13.2 Å². The summed E-state index contributed by atoms with van der Waals surface area (Å²) in [7, 11) is -3.09. The molecule has 0 unspecified atom stereocenters. The number of para-hydroxylation sites is 1. The number of rotatable bonds is 6. The zero-order valence-corrected chi connectivity index (χ0v) is 18.6. The highest BCUT2D eigenvalue weighted by Crippen LogP contribution is 2.29. The van der Waals surface area contributed by atoms with Gasteiger partial charge < -0.3 is 14.8 Å². The quantitative estimate of drug-likeness (QED) is 0.604. The van der Waals surface area contributed by atoms with Crippen LogP contribution in [-0.2, 0) is 22.9 Å². The van der Waals surface area contributed by atoms with Gasteiger partial charge in [0.1, 0.15) is 15.4 Å². The number of carbonyl (C=O) groups excluding carboxylic acids is 1. The summed E-state index contributed by atoms with van der Waals surface area (Å²) in [5.41, 5.74) is 1.27. The van der Waals surface area contributed by atoms with Crippen LogP contribution in [0.5, 0.6) is 0 Å². The van der Waals surface area contributed by atoms with Gasteiger partial charge in [-0.3, -0.25) is 9.59 Å². The molecule has 2 aromatic heterocycles. The molecule has 0 spiro atoms. The van der Waals surface area contributed by atoms with Crippen molar-refractivity contribution in [2.75, 3.05) is 30.0 Å². The van der Waals surface area contributed by atoms with Crippen LogP contribution in [-0.4, -0.2) is 44.0 Å². The molecule has 0 saturated heterocycles. The first-order chi connectivity index (χ1) is 14.2. The number of amides is 1. The molecule has 0 bridgehead atoms. The minimum Gasteiger partial charge on any atom is -0.367 e. The fraction of sp³-hybridized carbons (Fsp3) is 0.300. The molecule has 0 fully saturated rings. The summed E-state index contributed by atoms with van der Waals surface area (Å²) in [6.07, 6.45) is 1.21. The van der Waals surface area contributed by atoms with E-state index in [1.807, 2.05) is 29.2 Å². The lowest BCUT2D eigenvalue weighted by molar-refractivity contribution is 0.0949. The third kappa shape index (κ3) is 4.23. The van der Waals surface area contributed by atoms with Crippen LogP contribution < -0.4 is 15.8 Å². The van der Waals surface area contributed by atoms with Crippen molar-refractivity contribution in [3.63, 3.8) is 0 Å². The lowest BCUT2D eigenvalue weighted by atomic mass is 10.1. The molecule has 1 aliphatic rings. The van der Waals surface area contributed by atoms with E-state index >= 15 is 0 Å². The average molecular weight is 466 g/mol. The van der Waals surface area contributed by atoms with Gasteiger partial charge in [0.2, 0.25) is 0 Å². The third-order valence-electron chi connectivity index (χ3n) is 5.05. The molecule has 0 atom stereocenters. The smallest absolute Gasteiger partial charge is 0.264 e. The predicted octanol–water partition coefficient (Wildman–Crippen LogP) is 2.51. The number of sulfone groups is 1. The van der Waals surface area contributed by atoms with E-state index in [1.165, 1.54) is 17.6 Å². The van der Waals surface area contributed by atoms with Gasteiger partial charge in [0.05, 0.1) is 27.8 Å². The largest absolute Gasteiger partial charge is 0.367 e. The number of thiophene rings is 1. The van der Waals surface area contributed by atoms with Crippen LogP contribution in [0.2, 0.25) is 4.34 Å². The number of halogens is 1. The van der Waals surface area contributed by atoms with Gasteiger partial charge in [-0.15, -0.1) is 11.3 Å². The molecule has 1 amide bonds. The highest BCUT2D eigenvalue weighted by molar-refractivity contribution is 7.90. The van der Waals surface area contributed by atoms with Crippen LogP contribution >= 0.6 is 22.9 Å². The van der Waals surface area contributed by atoms with Crippen molar-refractivity contribution in [2.45, 2.75) is 13.1 Å². The lowest BCUT2D eigenvalue weighted by Gasteiger charge is -2.32. The standard InChI is InChI=1S/C20H20ClN3O4S2/c1-30(27,28)10-9-23-7-8-24-18-13(3-2-4-16(18)23)11-15(20(24)26)19(25)22-12-14-5-6-17(21)29-14/h2-6,11H,7-10,12H2,1H3,(H,22,25). The summed E-state index contributed by atoms with van der Waals surface area (Å²) in [6, 6.07) is 10.8. The molecular weight excluding hydrogens is 446 g/mol. The number of aromatic nitrogens is 1. The van der Waals surface area contributed by atoms with Gasteiger partial charge in [0.25, 0.3) is 11.5 Å². The summed E-state index contributed by atoms with van der Waals surface area (Å²) >= 11 is 7.29. The van der Waals surface area contributed by atoms with E-state index in [4.69, 9.17) is 11.6 Å². The van der Waals surface area contributed by atoms with Crippen LogP contribution in [0.15, 0.2) is 41.2 Å². The maximum atomic E-state index is 13.0. The zero-order valence-electron chi connectivity index (χ0n) is 16.2. The minimum absolute atomic E-state index is 0.0425. The van der Waals surface area contributed by atoms with Gasteiger partial charge in [0, 0.05) is 36.2 Å². The van der Waals surface area contributed by atoms with Gasteiger partial charge >= 0.3 is 0 Å². The maximum absolute atomic E-state index is 13.0. The van der Waals surface area contributed by atoms with E-state index in [0.717, 1.165) is 21.5 Å². The van der Waals surface area contributed by atoms with Crippen LogP contribution in [0, 0.1) is 0 Å². The Morgan fingerprint density at radius 2 is 2.03 bits per heavy atom. The normalized spacial score (nSPS) is 13.6. The second-order valence-corrected chi connectivity index (χ2v) is 11.3. The van der Waals surface area contributed by atoms with Gasteiger partial charge in [-0.1, -0.05) is 23.7 Å². The Labute approximate surface area is 182 Å². The number of hydrogen-bond acceptors (Lipinski definition) is 6. The minimum atomic E-state index is -3.09. The van der Waals surface area contributed by atoms with Crippen molar-refractivity contribution in [1.29, 1.82) is 0 Å². The summed E-state index contributed by atoms with van der Waals surface area (Å²) in [5, 5.41) is 3.55. The Morgan fingerprint density at radius 3 is 2.73 bits per heavy atom. The highest BCUT2D eigenvalue weighted by Gasteiger charge is 2.23. The van der Waals surface area contributed by atoms with Crippen molar-refractivity contribution in [2.24, 2.45) is 0 Å². The molecule has 3 heterocycles. The van der Waals surface area contributed by atoms with E-state index in [1.54, 1.807) is 16.7 Å². The van der Waals surface area contributed by atoms with E-state index in [9.17, 15) is 18.0 Å². The number of nitrogens with one attached hydrogen (secondary N) is 1. The molecule has 4 rings (SSSR count). The molecule has 1 N–H and O–H groups in total. The summed E-state index contributed by atoms with van der Waals surface area (Å²) < 4.78 is 25.4. The topological polar surface area (TPSA) is 88.5 Å². The molecule has 10 heteroatoms. The van der Waals surface area contributed by atoms with E-state index in [-0.39, 0.29) is 16.9 Å². The molecule has 0 saturated carbocycles. The van der Waals surface area contributed by atoms with Gasteiger partial charge in [-0.2, -0.15) is 0 Å². The monoisotopic (exact) mass is 465 g/mol. The van der Waals surface area contributed by atoms with Crippen LogP contribution in [0.4, 0.5) is 5.69 Å². The van der Waals surface area contributed by atoms with E-state index in [0.29, 0.717) is 30.5 Å². The van der Waals surface area contributed by atoms with Crippen LogP contribution in [0.1, 0.15) is 15.2 Å². The zero-order chi connectivity index (χ0) is 21.5. The summed E-state index contributed by atoms with van der Waals surface area (Å²) in [5.74, 6) is -0.388. The molecule has 0 radical (unpaired) electrons. The summed E-state index contributed by atoms with van der Waals surface area (Å²) in [4.78, 5) is 28.6. The number of anilines is 1. The molecule has 30 heavy (non-hydrogen) atoms. The molecule has 158 valence electrons. The molecule has 0 aliphatic carbocycles. The van der Waals surface area contributed by atoms with E-state index < -0.39 is 15.7 Å². The van der Waals surface area contributed by atoms with Crippen molar-refractivity contribution in [1.82, 2.24) is 9.88 Å². The summed E-state index contributed by atoms with van der Waals surface area (Å²) in [6.45, 7) is 1.54. The van der Waals surface area contributed by atoms with Gasteiger partial charge in [0.15, 0.2) is 0 Å². The average Bonchev–Trinajstić information content (AvgIpc) is 3.12. The van der Waals surface area contributed by atoms with Crippen molar-refractivity contribution in [3.05, 3.63) is 61.5 Å².